The molecule has 0 unspecified atom stereocenters. The predicted molar refractivity (Wildman–Crippen MR) is 79.4 cm³/mol. The molecule has 5 nitrogen and oxygen atoms in total. The lowest BCUT2D eigenvalue weighted by atomic mass is 10.2. The van der Waals surface area contributed by atoms with Crippen LogP contribution in [0.25, 0.3) is 0 Å². The number of hydrogen-bond acceptors (Lipinski definition) is 4. The Kier molecular flexibility index (Phi) is 4.04. The molecule has 7 heteroatoms. The molecule has 0 saturated heterocycles. The van der Waals surface area contributed by atoms with E-state index in [4.69, 9.17) is 10.5 Å². The zero-order chi connectivity index (χ0) is 15.6. The highest BCUT2D eigenvalue weighted by molar-refractivity contribution is 7.92. The van der Waals surface area contributed by atoms with E-state index in [2.05, 4.69) is 4.72 Å². The lowest BCUT2D eigenvalue weighted by Crippen LogP contribution is -2.13. The fraction of sp³-hybridized carbons (Fsp3) is 0.143. The lowest BCUT2D eigenvalue weighted by Gasteiger charge is -2.11. The number of benzene rings is 2. The summed E-state index contributed by atoms with van der Waals surface area (Å²) >= 11 is 0. The van der Waals surface area contributed by atoms with Gasteiger partial charge in [-0.2, -0.15) is 0 Å². The first kappa shape index (κ1) is 15.1. The number of sulfonamides is 1. The van der Waals surface area contributed by atoms with E-state index in [1.54, 1.807) is 6.92 Å². The van der Waals surface area contributed by atoms with E-state index in [1.165, 1.54) is 37.4 Å². The number of nitrogen functional groups attached to an aromatic ring is 1. The van der Waals surface area contributed by atoms with Crippen LogP contribution in [0.3, 0.4) is 0 Å². The van der Waals surface area contributed by atoms with Gasteiger partial charge in [0.25, 0.3) is 10.0 Å². The first-order valence-corrected chi connectivity index (χ1v) is 7.54. The summed E-state index contributed by atoms with van der Waals surface area (Å²) in [4.78, 5) is 0.0810. The highest BCUT2D eigenvalue weighted by atomic mass is 32.2. The van der Waals surface area contributed by atoms with Crippen molar-refractivity contribution in [3.8, 4) is 5.75 Å². The molecule has 2 aromatic rings. The number of nitrogens with one attached hydrogen (secondary N) is 1. The topological polar surface area (TPSA) is 81.4 Å². The third-order valence-electron chi connectivity index (χ3n) is 2.95. The number of rotatable bonds is 4. The van der Waals surface area contributed by atoms with E-state index >= 15 is 0 Å². The van der Waals surface area contributed by atoms with Crippen LogP contribution >= 0.6 is 0 Å². The van der Waals surface area contributed by atoms with Crippen LogP contribution in [0.15, 0.2) is 41.3 Å². The van der Waals surface area contributed by atoms with Gasteiger partial charge in [0.05, 0.1) is 17.7 Å². The maximum atomic E-state index is 13.3. The van der Waals surface area contributed by atoms with Crippen LogP contribution in [-0.4, -0.2) is 15.5 Å². The maximum Gasteiger partial charge on any atom is 0.261 e. The smallest absolute Gasteiger partial charge is 0.261 e. The summed E-state index contributed by atoms with van der Waals surface area (Å²) < 4.78 is 45.0. The van der Waals surface area contributed by atoms with E-state index in [-0.39, 0.29) is 16.3 Å². The first-order valence-electron chi connectivity index (χ1n) is 6.06. The number of halogens is 1. The van der Waals surface area contributed by atoms with Gasteiger partial charge in [0.1, 0.15) is 0 Å². The molecule has 0 aliphatic carbocycles. The Labute approximate surface area is 122 Å². The fourth-order valence-electron chi connectivity index (χ4n) is 1.75. The van der Waals surface area contributed by atoms with E-state index in [9.17, 15) is 12.8 Å². The average molecular weight is 310 g/mol. The number of nitrogens with two attached hydrogens (primary N) is 1. The molecule has 0 radical (unpaired) electrons. The largest absolute Gasteiger partial charge is 0.494 e. The van der Waals surface area contributed by atoms with E-state index < -0.39 is 15.8 Å². The Morgan fingerprint density at radius 2 is 1.90 bits per heavy atom. The highest BCUT2D eigenvalue weighted by Crippen LogP contribution is 2.24. The lowest BCUT2D eigenvalue weighted by molar-refractivity contribution is 0.387. The van der Waals surface area contributed by atoms with Gasteiger partial charge in [0.2, 0.25) is 0 Å². The summed E-state index contributed by atoms with van der Waals surface area (Å²) in [5.41, 5.74) is 7.05. The van der Waals surface area contributed by atoms with Gasteiger partial charge in [-0.05, 0) is 42.8 Å². The van der Waals surface area contributed by atoms with Crippen LogP contribution in [0.5, 0.6) is 5.75 Å². The summed E-state index contributed by atoms with van der Waals surface area (Å²) in [5, 5.41) is 0. The number of methoxy groups -OCH3 is 1. The second-order valence-electron chi connectivity index (χ2n) is 4.47. The molecular formula is C14H15FN2O3S. The Bertz CT molecular complexity index is 776. The van der Waals surface area contributed by atoms with Crippen molar-refractivity contribution in [2.75, 3.05) is 17.6 Å². The zero-order valence-corrected chi connectivity index (χ0v) is 12.4. The molecule has 0 bridgehead atoms. The van der Waals surface area contributed by atoms with Gasteiger partial charge in [0.15, 0.2) is 11.6 Å². The molecule has 0 aliphatic rings. The number of ether oxygens (including phenoxy) is 1. The summed E-state index contributed by atoms with van der Waals surface area (Å²) in [6.07, 6.45) is 0. The van der Waals surface area contributed by atoms with Crippen molar-refractivity contribution >= 4 is 21.4 Å². The maximum absolute atomic E-state index is 13.3. The molecule has 3 N–H and O–H groups in total. The number of aryl methyl sites for hydroxylation is 1. The molecule has 0 aromatic heterocycles. The standard InChI is InChI=1S/C14H15FN2O3S/c1-9-7-11(4-6-13(9)16)21(18,19)17-10-3-5-12(15)14(8-10)20-2/h3-8,17H,16H2,1-2H3. The molecule has 0 aliphatic heterocycles. The molecular weight excluding hydrogens is 295 g/mol. The van der Waals surface area contributed by atoms with Gasteiger partial charge in [-0.3, -0.25) is 4.72 Å². The van der Waals surface area contributed by atoms with Crippen molar-refractivity contribution in [2.45, 2.75) is 11.8 Å². The van der Waals surface area contributed by atoms with Gasteiger partial charge >= 0.3 is 0 Å². The Morgan fingerprint density at radius 1 is 1.19 bits per heavy atom. The molecule has 0 atom stereocenters. The van der Waals surface area contributed by atoms with E-state index in [1.807, 2.05) is 0 Å². The molecule has 21 heavy (non-hydrogen) atoms. The molecule has 2 aromatic carbocycles. The third-order valence-corrected chi connectivity index (χ3v) is 4.33. The van der Waals surface area contributed by atoms with Crippen molar-refractivity contribution in [3.63, 3.8) is 0 Å². The van der Waals surface area contributed by atoms with E-state index in [0.717, 1.165) is 6.07 Å². The second-order valence-corrected chi connectivity index (χ2v) is 6.16. The SMILES string of the molecule is COc1cc(NS(=O)(=O)c2ccc(N)c(C)c2)ccc1F. The molecule has 0 spiro atoms. The molecule has 0 saturated carbocycles. The van der Waals surface area contributed by atoms with Crippen molar-refractivity contribution in [1.29, 1.82) is 0 Å². The average Bonchev–Trinajstić information content (AvgIpc) is 2.43. The Morgan fingerprint density at radius 3 is 2.52 bits per heavy atom. The monoisotopic (exact) mass is 310 g/mol. The number of anilines is 2. The van der Waals surface area contributed by atoms with Crippen LogP contribution in [0.4, 0.5) is 15.8 Å². The van der Waals surface area contributed by atoms with Crippen molar-refractivity contribution in [1.82, 2.24) is 0 Å². The van der Waals surface area contributed by atoms with Crippen molar-refractivity contribution in [3.05, 3.63) is 47.8 Å². The summed E-state index contributed by atoms with van der Waals surface area (Å²) in [6, 6.07) is 8.13. The van der Waals surface area contributed by atoms with Crippen LogP contribution in [0, 0.1) is 12.7 Å². The highest BCUT2D eigenvalue weighted by Gasteiger charge is 2.16. The van der Waals surface area contributed by atoms with Crippen LogP contribution in [0.2, 0.25) is 0 Å². The van der Waals surface area contributed by atoms with Crippen LogP contribution < -0.4 is 15.2 Å². The van der Waals surface area contributed by atoms with Gasteiger partial charge < -0.3 is 10.5 Å². The Hall–Kier alpha value is -2.28. The molecule has 2 rings (SSSR count). The summed E-state index contributed by atoms with van der Waals surface area (Å²) in [5.74, 6) is -0.604. The van der Waals surface area contributed by atoms with Crippen molar-refractivity contribution < 1.29 is 17.5 Å². The normalized spacial score (nSPS) is 11.2. The Balaban J connectivity index is 2.35. The van der Waals surface area contributed by atoms with Gasteiger partial charge in [-0.25, -0.2) is 12.8 Å². The van der Waals surface area contributed by atoms with Gasteiger partial charge in [0, 0.05) is 11.8 Å². The molecule has 0 amide bonds. The summed E-state index contributed by atoms with van der Waals surface area (Å²) in [6.45, 7) is 1.72. The molecule has 0 heterocycles. The third kappa shape index (κ3) is 3.25. The van der Waals surface area contributed by atoms with E-state index in [0.29, 0.717) is 11.3 Å². The number of hydrogen-bond donors (Lipinski definition) is 2. The predicted octanol–water partition coefficient (Wildman–Crippen LogP) is 2.53. The quantitative estimate of drug-likeness (QED) is 0.850. The van der Waals surface area contributed by atoms with Crippen molar-refractivity contribution in [2.24, 2.45) is 0 Å². The second kappa shape index (κ2) is 5.61. The first-order chi connectivity index (χ1) is 9.83. The summed E-state index contributed by atoms with van der Waals surface area (Å²) in [7, 11) is -2.47. The minimum Gasteiger partial charge on any atom is -0.494 e. The fourth-order valence-corrected chi connectivity index (χ4v) is 2.89. The van der Waals surface area contributed by atoms with Crippen LogP contribution in [0.1, 0.15) is 5.56 Å². The zero-order valence-electron chi connectivity index (χ0n) is 11.6. The van der Waals surface area contributed by atoms with Crippen LogP contribution in [-0.2, 0) is 10.0 Å². The van der Waals surface area contributed by atoms with Gasteiger partial charge in [-0.1, -0.05) is 0 Å². The minimum absolute atomic E-state index is 0.0383. The van der Waals surface area contributed by atoms with Gasteiger partial charge in [-0.15, -0.1) is 0 Å². The molecule has 112 valence electrons. The minimum atomic E-state index is -3.77. The molecule has 0 fully saturated rings.